The molecule has 25 heavy (non-hydrogen) atoms. The molecule has 0 saturated heterocycles. The second-order valence-corrected chi connectivity index (χ2v) is 9.37. The molecular formula is C13H15Br2Cl3N4O2S. The highest BCUT2D eigenvalue weighted by Gasteiger charge is 2.35. The van der Waals surface area contributed by atoms with E-state index in [2.05, 4.69) is 47.8 Å². The van der Waals surface area contributed by atoms with Gasteiger partial charge >= 0.3 is 6.03 Å². The van der Waals surface area contributed by atoms with E-state index in [1.807, 2.05) is 0 Å². The summed E-state index contributed by atoms with van der Waals surface area (Å²) in [6.45, 7) is 0. The molecule has 1 rings (SSSR count). The monoisotopic (exact) mass is 554 g/mol. The third kappa shape index (κ3) is 7.15. The number of methoxy groups -OCH3 is 1. The van der Waals surface area contributed by atoms with E-state index in [0.717, 1.165) is 0 Å². The molecule has 3 N–H and O–H groups in total. The summed E-state index contributed by atoms with van der Waals surface area (Å²) in [5, 5.41) is 8.40. The molecule has 1 aromatic rings. The van der Waals surface area contributed by atoms with Gasteiger partial charge in [0.1, 0.15) is 5.75 Å². The molecular weight excluding hydrogens is 542 g/mol. The zero-order valence-electron chi connectivity index (χ0n) is 13.3. The molecule has 0 fully saturated rings. The van der Waals surface area contributed by atoms with E-state index in [9.17, 15) is 4.79 Å². The lowest BCUT2D eigenvalue weighted by Gasteiger charge is -2.29. The molecule has 0 aromatic heterocycles. The molecule has 0 spiro atoms. The van der Waals surface area contributed by atoms with Crippen molar-refractivity contribution in [3.8, 4) is 5.75 Å². The molecule has 2 amide bonds. The molecule has 0 saturated carbocycles. The van der Waals surface area contributed by atoms with Crippen molar-refractivity contribution in [3.63, 3.8) is 0 Å². The molecule has 0 radical (unpaired) electrons. The maximum absolute atomic E-state index is 11.8. The molecule has 1 atom stereocenters. The zero-order valence-corrected chi connectivity index (χ0v) is 19.6. The number of hydrogen-bond donors (Lipinski definition) is 3. The smallest absolute Gasteiger partial charge is 0.318 e. The number of nitrogens with zero attached hydrogens (tertiary/aromatic N) is 1. The number of thiocarbonyl (C=S) groups is 1. The number of ether oxygens (including phenoxy) is 1. The van der Waals surface area contributed by atoms with Crippen LogP contribution in [0, 0.1) is 0 Å². The van der Waals surface area contributed by atoms with Crippen molar-refractivity contribution in [1.82, 2.24) is 15.5 Å². The molecule has 0 bridgehead atoms. The van der Waals surface area contributed by atoms with Crippen LogP contribution < -0.4 is 20.7 Å². The van der Waals surface area contributed by atoms with Crippen LogP contribution in [0.15, 0.2) is 21.1 Å². The summed E-state index contributed by atoms with van der Waals surface area (Å²) in [5.74, 6) is 0.653. The van der Waals surface area contributed by atoms with E-state index in [0.29, 0.717) is 20.4 Å². The molecule has 0 aliphatic carbocycles. The lowest BCUT2D eigenvalue weighted by Crippen LogP contribution is -2.57. The van der Waals surface area contributed by atoms with Crippen molar-refractivity contribution in [2.75, 3.05) is 26.5 Å². The van der Waals surface area contributed by atoms with Crippen molar-refractivity contribution < 1.29 is 9.53 Å². The molecule has 1 aromatic carbocycles. The van der Waals surface area contributed by atoms with Gasteiger partial charge in [-0.2, -0.15) is 0 Å². The van der Waals surface area contributed by atoms with E-state index in [1.165, 1.54) is 4.90 Å². The van der Waals surface area contributed by atoms with Gasteiger partial charge in [-0.3, -0.25) is 0 Å². The fourth-order valence-electron chi connectivity index (χ4n) is 1.52. The van der Waals surface area contributed by atoms with E-state index in [-0.39, 0.29) is 5.11 Å². The number of benzene rings is 1. The summed E-state index contributed by atoms with van der Waals surface area (Å²) in [4.78, 5) is 13.1. The first-order valence-corrected chi connectivity index (χ1v) is 9.73. The quantitative estimate of drug-likeness (QED) is 0.290. The Morgan fingerprint density at radius 1 is 1.24 bits per heavy atom. The summed E-state index contributed by atoms with van der Waals surface area (Å²) >= 11 is 29.8. The van der Waals surface area contributed by atoms with Crippen LogP contribution in [0.5, 0.6) is 5.75 Å². The zero-order chi connectivity index (χ0) is 19.4. The highest BCUT2D eigenvalue weighted by Crippen LogP contribution is 2.35. The highest BCUT2D eigenvalue weighted by molar-refractivity contribution is 9.11. The number of amides is 2. The summed E-state index contributed by atoms with van der Waals surface area (Å²) < 4.78 is 4.74. The summed E-state index contributed by atoms with van der Waals surface area (Å²) in [5.41, 5.74) is 0.639. The molecule has 12 heteroatoms. The van der Waals surface area contributed by atoms with Gasteiger partial charge in [-0.1, -0.05) is 34.8 Å². The largest absolute Gasteiger partial charge is 0.497 e. The normalized spacial score (nSPS) is 12.2. The van der Waals surface area contributed by atoms with Crippen molar-refractivity contribution in [1.29, 1.82) is 0 Å². The lowest BCUT2D eigenvalue weighted by atomic mass is 10.3. The Morgan fingerprint density at radius 3 is 2.16 bits per heavy atom. The molecule has 6 nitrogen and oxygen atoms in total. The fraction of sp³-hybridized carbons (Fsp3) is 0.385. The summed E-state index contributed by atoms with van der Waals surface area (Å²) in [6.07, 6.45) is -1.05. The van der Waals surface area contributed by atoms with Crippen LogP contribution in [0.25, 0.3) is 0 Å². The average Bonchev–Trinajstić information content (AvgIpc) is 2.48. The van der Waals surface area contributed by atoms with Crippen molar-refractivity contribution in [2.45, 2.75) is 9.96 Å². The van der Waals surface area contributed by atoms with Gasteiger partial charge in [0, 0.05) is 23.0 Å². The maximum atomic E-state index is 11.8. The van der Waals surface area contributed by atoms with Gasteiger partial charge in [0.25, 0.3) is 0 Å². The Morgan fingerprint density at radius 2 is 1.76 bits per heavy atom. The number of rotatable bonds is 4. The van der Waals surface area contributed by atoms with E-state index >= 15 is 0 Å². The lowest BCUT2D eigenvalue weighted by molar-refractivity contribution is 0.212. The van der Waals surface area contributed by atoms with Gasteiger partial charge < -0.3 is 25.6 Å². The van der Waals surface area contributed by atoms with Gasteiger partial charge in [-0.15, -0.1) is 0 Å². The van der Waals surface area contributed by atoms with Crippen molar-refractivity contribution >= 4 is 95.7 Å². The standard InChI is InChI=1S/C13H15Br2Cl3N4O2S/c1-22(2)12(23)21-10(13(16,17)18)20-11(25)19-9-7(14)4-6(24-3)5-8(9)15/h4-5,10H,1-3H3,(H,21,23)(H2,19,20,25). The van der Waals surface area contributed by atoms with Crippen LogP contribution in [0.1, 0.15) is 0 Å². The number of urea groups is 1. The minimum Gasteiger partial charge on any atom is -0.497 e. The van der Waals surface area contributed by atoms with Crippen LogP contribution in [0.4, 0.5) is 10.5 Å². The molecule has 140 valence electrons. The second-order valence-electron chi connectivity index (χ2n) is 4.88. The van der Waals surface area contributed by atoms with Crippen molar-refractivity contribution in [3.05, 3.63) is 21.1 Å². The van der Waals surface area contributed by atoms with Gasteiger partial charge in [0.2, 0.25) is 3.79 Å². The summed E-state index contributed by atoms with van der Waals surface area (Å²) in [7, 11) is 4.69. The van der Waals surface area contributed by atoms with Crippen LogP contribution in [-0.2, 0) is 0 Å². The Hall–Kier alpha value is -0.190. The topological polar surface area (TPSA) is 65.6 Å². The number of carbonyl (C=O) groups is 1. The Labute approximate surface area is 183 Å². The van der Waals surface area contributed by atoms with Crippen LogP contribution in [0.3, 0.4) is 0 Å². The first-order valence-electron chi connectivity index (χ1n) is 6.60. The van der Waals surface area contributed by atoms with Gasteiger partial charge in [-0.05, 0) is 56.2 Å². The number of nitrogens with one attached hydrogen (secondary N) is 3. The van der Waals surface area contributed by atoms with Gasteiger partial charge in [-0.25, -0.2) is 4.79 Å². The number of carbonyl (C=O) groups excluding carboxylic acids is 1. The number of halogens is 5. The first-order chi connectivity index (χ1) is 11.5. The third-order valence-electron chi connectivity index (χ3n) is 2.77. The van der Waals surface area contributed by atoms with Crippen molar-refractivity contribution in [2.24, 2.45) is 0 Å². The van der Waals surface area contributed by atoms with Crippen LogP contribution >= 0.6 is 78.9 Å². The third-order valence-corrected chi connectivity index (χ3v) is 4.89. The fourth-order valence-corrected chi connectivity index (χ4v) is 3.41. The Kier molecular flexibility index (Phi) is 8.83. The minimum absolute atomic E-state index is 0.141. The molecule has 0 aliphatic rings. The SMILES string of the molecule is COc1cc(Br)c(NC(=S)NC(NC(=O)N(C)C)C(Cl)(Cl)Cl)c(Br)c1. The number of hydrogen-bond acceptors (Lipinski definition) is 3. The minimum atomic E-state index is -1.83. The Bertz CT molecular complexity index is 636. The van der Waals surface area contributed by atoms with E-state index in [1.54, 1.807) is 33.3 Å². The van der Waals surface area contributed by atoms with E-state index in [4.69, 9.17) is 51.8 Å². The second kappa shape index (κ2) is 9.66. The molecule has 0 aliphatic heterocycles. The van der Waals surface area contributed by atoms with Crippen LogP contribution in [-0.4, -0.2) is 47.2 Å². The number of alkyl halides is 3. The summed E-state index contributed by atoms with van der Waals surface area (Å²) in [6, 6.07) is 3.07. The predicted molar refractivity (Wildman–Crippen MR) is 114 cm³/mol. The molecule has 0 heterocycles. The number of anilines is 1. The maximum Gasteiger partial charge on any atom is 0.318 e. The van der Waals surface area contributed by atoms with Gasteiger partial charge in [0.05, 0.1) is 12.8 Å². The first kappa shape index (κ1) is 22.9. The van der Waals surface area contributed by atoms with E-state index < -0.39 is 16.0 Å². The Balaban J connectivity index is 2.90. The highest BCUT2D eigenvalue weighted by atomic mass is 79.9. The van der Waals surface area contributed by atoms with Crippen LogP contribution in [0.2, 0.25) is 0 Å². The predicted octanol–water partition coefficient (Wildman–Crippen LogP) is 4.47. The average molecular weight is 558 g/mol. The molecule has 1 unspecified atom stereocenters. The van der Waals surface area contributed by atoms with Gasteiger partial charge in [0.15, 0.2) is 11.3 Å².